The van der Waals surface area contributed by atoms with Crippen LogP contribution in [0.15, 0.2) is 34.7 Å². The van der Waals surface area contributed by atoms with Crippen molar-refractivity contribution in [3.8, 4) is 0 Å². The van der Waals surface area contributed by atoms with Crippen LogP contribution in [-0.4, -0.2) is 10.9 Å². The molecule has 0 aliphatic carbocycles. The predicted molar refractivity (Wildman–Crippen MR) is 87.6 cm³/mol. The molecular weight excluding hydrogens is 323 g/mol. The van der Waals surface area contributed by atoms with Crippen LogP contribution < -0.4 is 5.32 Å². The van der Waals surface area contributed by atoms with E-state index in [2.05, 4.69) is 10.3 Å². The van der Waals surface area contributed by atoms with E-state index in [-0.39, 0.29) is 11.9 Å². The minimum absolute atomic E-state index is 0.230. The zero-order valence-corrected chi connectivity index (χ0v) is 13.5. The Balaban J connectivity index is 1.84. The van der Waals surface area contributed by atoms with Crippen LogP contribution in [0.3, 0.4) is 0 Å². The topological polar surface area (TPSA) is 58.0 Å². The van der Waals surface area contributed by atoms with Gasteiger partial charge in [-0.15, -0.1) is 0 Å². The van der Waals surface area contributed by atoms with Gasteiger partial charge in [-0.3, -0.25) is 4.79 Å². The third-order valence-corrected chi connectivity index (χ3v) is 4.29. The molecule has 1 atom stereocenters. The van der Waals surface area contributed by atoms with Gasteiger partial charge < -0.3 is 14.7 Å². The number of benzene rings is 1. The van der Waals surface area contributed by atoms with E-state index in [9.17, 15) is 4.79 Å². The summed E-state index contributed by atoms with van der Waals surface area (Å²) in [6.07, 6.45) is 0. The molecule has 0 radical (unpaired) electrons. The fourth-order valence-corrected chi connectivity index (χ4v) is 2.68. The van der Waals surface area contributed by atoms with Gasteiger partial charge in [0.25, 0.3) is 5.91 Å². The lowest BCUT2D eigenvalue weighted by Gasteiger charge is -2.10. The first-order valence-corrected chi connectivity index (χ1v) is 7.55. The molecule has 6 heteroatoms. The second-order valence-electron chi connectivity index (χ2n) is 5.15. The van der Waals surface area contributed by atoms with E-state index in [1.807, 2.05) is 26.0 Å². The van der Waals surface area contributed by atoms with Gasteiger partial charge in [-0.2, -0.15) is 0 Å². The van der Waals surface area contributed by atoms with Crippen molar-refractivity contribution in [2.75, 3.05) is 0 Å². The highest BCUT2D eigenvalue weighted by molar-refractivity contribution is 6.45. The number of nitrogens with one attached hydrogen (secondary N) is 2. The Morgan fingerprint density at radius 1 is 1.27 bits per heavy atom. The van der Waals surface area contributed by atoms with Gasteiger partial charge in [0.2, 0.25) is 0 Å². The van der Waals surface area contributed by atoms with Crippen molar-refractivity contribution in [2.45, 2.75) is 19.9 Å². The Hall–Kier alpha value is -1.91. The minimum Gasteiger partial charge on any atom is -0.464 e. The number of hydrogen-bond acceptors (Lipinski definition) is 2. The molecule has 1 amide bonds. The van der Waals surface area contributed by atoms with Crippen molar-refractivity contribution < 1.29 is 9.21 Å². The number of hydrogen-bond donors (Lipinski definition) is 2. The van der Waals surface area contributed by atoms with Crippen molar-refractivity contribution in [1.29, 1.82) is 0 Å². The van der Waals surface area contributed by atoms with Crippen molar-refractivity contribution in [3.05, 3.63) is 57.6 Å². The maximum Gasteiger partial charge on any atom is 0.268 e. The van der Waals surface area contributed by atoms with Gasteiger partial charge in [0, 0.05) is 10.9 Å². The number of rotatable bonds is 3. The third-order valence-electron chi connectivity index (χ3n) is 3.47. The van der Waals surface area contributed by atoms with E-state index < -0.39 is 0 Å². The minimum atomic E-state index is -0.232. The number of halogens is 2. The Morgan fingerprint density at radius 2 is 2.05 bits per heavy atom. The maximum absolute atomic E-state index is 12.3. The van der Waals surface area contributed by atoms with Crippen LogP contribution in [0.25, 0.3) is 10.9 Å². The summed E-state index contributed by atoms with van der Waals surface area (Å²) in [7, 11) is 0. The molecule has 3 rings (SSSR count). The average molecular weight is 337 g/mol. The van der Waals surface area contributed by atoms with Crippen LogP contribution in [-0.2, 0) is 0 Å². The number of carbonyl (C=O) groups excluding carboxylic acids is 1. The van der Waals surface area contributed by atoms with Gasteiger partial charge in [-0.1, -0.05) is 23.2 Å². The summed E-state index contributed by atoms with van der Waals surface area (Å²) in [4.78, 5) is 15.4. The standard InChI is InChI=1S/C16H14Cl2N2O2/c1-8-3-6-14(22-8)9(2)19-16(21)13-7-10-12(20-13)5-4-11(17)15(10)18/h3-7,9,20H,1-2H3,(H,19,21)/t9-/m1/s1. The number of amides is 1. The SMILES string of the molecule is Cc1ccc([C@@H](C)NC(=O)c2cc3c(Cl)c(Cl)ccc3[nH]2)o1. The molecule has 3 aromatic rings. The summed E-state index contributed by atoms with van der Waals surface area (Å²) in [5.41, 5.74) is 1.19. The summed E-state index contributed by atoms with van der Waals surface area (Å²) < 4.78 is 5.51. The lowest BCUT2D eigenvalue weighted by molar-refractivity contribution is 0.0931. The molecule has 2 aromatic heterocycles. The van der Waals surface area contributed by atoms with E-state index in [1.165, 1.54) is 0 Å². The predicted octanol–water partition coefficient (Wildman–Crippen LogP) is 4.87. The fraction of sp³-hybridized carbons (Fsp3) is 0.188. The lowest BCUT2D eigenvalue weighted by Crippen LogP contribution is -2.26. The quantitative estimate of drug-likeness (QED) is 0.716. The monoisotopic (exact) mass is 336 g/mol. The highest BCUT2D eigenvalue weighted by atomic mass is 35.5. The number of aryl methyl sites for hydroxylation is 1. The zero-order valence-electron chi connectivity index (χ0n) is 12.0. The number of carbonyl (C=O) groups is 1. The Kier molecular flexibility index (Phi) is 3.89. The van der Waals surface area contributed by atoms with Gasteiger partial charge in [-0.05, 0) is 44.2 Å². The Bertz CT molecular complexity index is 851. The molecule has 0 bridgehead atoms. The number of aromatic amines is 1. The first-order chi connectivity index (χ1) is 10.5. The van der Waals surface area contributed by atoms with Crippen molar-refractivity contribution >= 4 is 40.0 Å². The van der Waals surface area contributed by atoms with Crippen LogP contribution >= 0.6 is 23.2 Å². The van der Waals surface area contributed by atoms with Crippen LogP contribution in [0.5, 0.6) is 0 Å². The fourth-order valence-electron chi connectivity index (χ4n) is 2.30. The highest BCUT2D eigenvalue weighted by Crippen LogP contribution is 2.31. The van der Waals surface area contributed by atoms with E-state index in [4.69, 9.17) is 27.6 Å². The zero-order chi connectivity index (χ0) is 15.9. The van der Waals surface area contributed by atoms with Crippen LogP contribution in [0.2, 0.25) is 10.0 Å². The molecule has 0 saturated heterocycles. The molecule has 0 aliphatic rings. The Morgan fingerprint density at radius 3 is 2.73 bits per heavy atom. The van der Waals surface area contributed by atoms with Crippen molar-refractivity contribution in [2.24, 2.45) is 0 Å². The normalized spacial score (nSPS) is 12.5. The molecule has 0 spiro atoms. The van der Waals surface area contributed by atoms with Gasteiger partial charge in [0.05, 0.1) is 16.1 Å². The van der Waals surface area contributed by atoms with Crippen LogP contribution in [0.4, 0.5) is 0 Å². The molecule has 114 valence electrons. The summed E-state index contributed by atoms with van der Waals surface area (Å²) >= 11 is 12.1. The molecule has 0 fully saturated rings. The number of aromatic nitrogens is 1. The molecule has 2 heterocycles. The molecule has 0 saturated carbocycles. The first-order valence-electron chi connectivity index (χ1n) is 6.79. The lowest BCUT2D eigenvalue weighted by atomic mass is 10.2. The molecule has 0 aliphatic heterocycles. The summed E-state index contributed by atoms with van der Waals surface area (Å²) in [6, 6.07) is 8.66. The van der Waals surface area contributed by atoms with Crippen molar-refractivity contribution in [3.63, 3.8) is 0 Å². The number of furan rings is 1. The summed E-state index contributed by atoms with van der Waals surface area (Å²) in [5.74, 6) is 1.29. The highest BCUT2D eigenvalue weighted by Gasteiger charge is 2.17. The van der Waals surface area contributed by atoms with Gasteiger partial charge in [0.15, 0.2) is 0 Å². The first kappa shape index (κ1) is 15.0. The van der Waals surface area contributed by atoms with E-state index in [1.54, 1.807) is 18.2 Å². The van der Waals surface area contributed by atoms with Crippen LogP contribution in [0.1, 0.15) is 35.0 Å². The molecule has 22 heavy (non-hydrogen) atoms. The maximum atomic E-state index is 12.3. The molecule has 1 aromatic carbocycles. The second kappa shape index (κ2) is 5.71. The van der Waals surface area contributed by atoms with Gasteiger partial charge in [-0.25, -0.2) is 0 Å². The van der Waals surface area contributed by atoms with Crippen LogP contribution in [0, 0.1) is 6.92 Å². The molecular formula is C16H14Cl2N2O2. The van der Waals surface area contributed by atoms with Gasteiger partial charge in [0.1, 0.15) is 17.2 Å². The third kappa shape index (κ3) is 2.72. The molecule has 4 nitrogen and oxygen atoms in total. The smallest absolute Gasteiger partial charge is 0.268 e. The van der Waals surface area contributed by atoms with E-state index in [0.717, 1.165) is 16.7 Å². The summed E-state index contributed by atoms with van der Waals surface area (Å²) in [5, 5.41) is 4.50. The summed E-state index contributed by atoms with van der Waals surface area (Å²) in [6.45, 7) is 3.73. The average Bonchev–Trinajstić information content (AvgIpc) is 3.09. The Labute approximate surface area is 137 Å². The number of H-pyrrole nitrogens is 1. The largest absolute Gasteiger partial charge is 0.464 e. The van der Waals surface area contributed by atoms with E-state index >= 15 is 0 Å². The van der Waals surface area contributed by atoms with Crippen molar-refractivity contribution in [1.82, 2.24) is 10.3 Å². The molecule has 2 N–H and O–H groups in total. The second-order valence-corrected chi connectivity index (χ2v) is 5.93. The number of fused-ring (bicyclic) bond motifs is 1. The molecule has 0 unspecified atom stereocenters. The van der Waals surface area contributed by atoms with E-state index in [0.29, 0.717) is 21.5 Å². The van der Waals surface area contributed by atoms with Gasteiger partial charge >= 0.3 is 0 Å².